The number of carbonyl (C=O) groups is 1. The van der Waals surface area contributed by atoms with E-state index in [0.717, 1.165) is 41.2 Å². The number of aryl methyl sites for hydroxylation is 2. The van der Waals surface area contributed by atoms with E-state index in [1.807, 2.05) is 31.2 Å². The molecule has 40 heavy (non-hydrogen) atoms. The minimum Gasteiger partial charge on any atom is -0.354 e. The Morgan fingerprint density at radius 3 is 2.40 bits per heavy atom. The third-order valence-corrected chi connectivity index (χ3v) is 9.49. The number of hydrogen-bond acceptors (Lipinski definition) is 7. The van der Waals surface area contributed by atoms with E-state index < -0.39 is 10.0 Å². The van der Waals surface area contributed by atoms with Crippen LogP contribution >= 0.6 is 11.5 Å². The Morgan fingerprint density at radius 2 is 1.75 bits per heavy atom. The quantitative estimate of drug-likeness (QED) is 0.272. The minimum absolute atomic E-state index is 0.166. The van der Waals surface area contributed by atoms with Crippen LogP contribution in [-0.2, 0) is 10.0 Å². The molecule has 1 aliphatic heterocycles. The highest BCUT2D eigenvalue weighted by Crippen LogP contribution is 2.34. The first-order valence-electron chi connectivity index (χ1n) is 13.0. The van der Waals surface area contributed by atoms with Crippen LogP contribution in [0.25, 0.3) is 0 Å². The van der Waals surface area contributed by atoms with Crippen molar-refractivity contribution in [1.29, 1.82) is 0 Å². The van der Waals surface area contributed by atoms with Gasteiger partial charge in [0.15, 0.2) is 5.03 Å². The van der Waals surface area contributed by atoms with Crippen molar-refractivity contribution < 1.29 is 17.6 Å². The Morgan fingerprint density at radius 1 is 1.05 bits per heavy atom. The lowest BCUT2D eigenvalue weighted by atomic mass is 9.89. The van der Waals surface area contributed by atoms with Gasteiger partial charge in [0.1, 0.15) is 10.8 Å². The third kappa shape index (κ3) is 5.85. The summed E-state index contributed by atoms with van der Waals surface area (Å²) in [7, 11) is -4.05. The highest BCUT2D eigenvalue weighted by atomic mass is 32.2. The molecule has 0 bridgehead atoms. The summed E-state index contributed by atoms with van der Waals surface area (Å²) in [5.41, 5.74) is 4.51. The van der Waals surface area contributed by atoms with E-state index in [0.29, 0.717) is 40.6 Å². The van der Waals surface area contributed by atoms with Crippen molar-refractivity contribution in [2.24, 2.45) is 0 Å². The number of sulfonamides is 1. The molecule has 1 amide bonds. The van der Waals surface area contributed by atoms with Crippen LogP contribution in [-0.4, -0.2) is 41.7 Å². The summed E-state index contributed by atoms with van der Waals surface area (Å²) in [5, 5.41) is 3.54. The number of para-hydroxylation sites is 1. The van der Waals surface area contributed by atoms with Crippen LogP contribution in [0.2, 0.25) is 0 Å². The van der Waals surface area contributed by atoms with E-state index in [-0.39, 0.29) is 22.7 Å². The molecule has 11 heteroatoms. The van der Waals surface area contributed by atoms with E-state index in [1.165, 1.54) is 18.3 Å². The molecule has 5 rings (SSSR count). The van der Waals surface area contributed by atoms with E-state index in [1.54, 1.807) is 36.9 Å². The summed E-state index contributed by atoms with van der Waals surface area (Å²) < 4.78 is 46.7. The number of carbonyl (C=O) groups excluding carboxylic acids is 1. The number of amides is 1. The van der Waals surface area contributed by atoms with Crippen LogP contribution in [0.5, 0.6) is 0 Å². The number of piperidine rings is 1. The molecule has 8 nitrogen and oxygen atoms in total. The Bertz CT molecular complexity index is 1650. The lowest BCUT2D eigenvalue weighted by Crippen LogP contribution is -2.38. The second-order valence-corrected chi connectivity index (χ2v) is 12.4. The second kappa shape index (κ2) is 11.3. The van der Waals surface area contributed by atoms with Gasteiger partial charge in [0.25, 0.3) is 15.9 Å². The monoisotopic (exact) mass is 579 g/mol. The van der Waals surface area contributed by atoms with Crippen molar-refractivity contribution in [2.75, 3.05) is 23.1 Å². The summed E-state index contributed by atoms with van der Waals surface area (Å²) in [5.74, 6) is -0.252. The highest BCUT2D eigenvalue weighted by molar-refractivity contribution is 7.92. The van der Waals surface area contributed by atoms with Crippen molar-refractivity contribution >= 4 is 43.8 Å². The number of aromatic nitrogens is 2. The summed E-state index contributed by atoms with van der Waals surface area (Å²) >= 11 is 1.05. The van der Waals surface area contributed by atoms with Gasteiger partial charge in [-0.15, -0.1) is 0 Å². The fourth-order valence-electron chi connectivity index (χ4n) is 4.95. The maximum atomic E-state index is 13.8. The maximum absolute atomic E-state index is 13.8. The van der Waals surface area contributed by atoms with E-state index in [9.17, 15) is 17.6 Å². The number of rotatable bonds is 7. The number of likely N-dealkylation sites (tertiary alicyclic amines) is 1. The van der Waals surface area contributed by atoms with Crippen LogP contribution in [0.4, 0.5) is 20.8 Å². The predicted octanol–water partition coefficient (Wildman–Crippen LogP) is 6.17. The average molecular weight is 580 g/mol. The highest BCUT2D eigenvalue weighted by Gasteiger charge is 2.30. The van der Waals surface area contributed by atoms with E-state index in [2.05, 4.69) is 19.4 Å². The molecule has 208 valence electrons. The summed E-state index contributed by atoms with van der Waals surface area (Å²) in [6.45, 7) is 6.42. The number of anilines is 3. The molecule has 4 aromatic rings. The normalized spacial score (nSPS) is 14.2. The molecular formula is C29H30FN5O3S2. The van der Waals surface area contributed by atoms with E-state index in [4.69, 9.17) is 0 Å². The molecule has 3 heterocycles. The number of hydrogen-bond donors (Lipinski definition) is 2. The fraction of sp³-hybridized carbons (Fsp3) is 0.276. The zero-order chi connectivity index (χ0) is 28.4. The Hall–Kier alpha value is -3.83. The molecule has 1 saturated heterocycles. The molecule has 2 aromatic carbocycles. The van der Waals surface area contributed by atoms with Gasteiger partial charge >= 0.3 is 0 Å². The van der Waals surface area contributed by atoms with Crippen molar-refractivity contribution in [3.8, 4) is 0 Å². The summed E-state index contributed by atoms with van der Waals surface area (Å²) in [4.78, 5) is 19.9. The van der Waals surface area contributed by atoms with Gasteiger partial charge < -0.3 is 10.2 Å². The largest absolute Gasteiger partial charge is 0.354 e. The van der Waals surface area contributed by atoms with Gasteiger partial charge in [0, 0.05) is 30.5 Å². The average Bonchev–Trinajstić information content (AvgIpc) is 3.34. The molecule has 0 unspecified atom stereocenters. The van der Waals surface area contributed by atoms with Crippen molar-refractivity contribution in [1.82, 2.24) is 14.3 Å². The standard InChI is InChI=1S/C29H30FN5O3S2/c1-18-6-4-5-7-25(18)32-27-20(3)28(40(37,38)34-26-16-19(2)33-39-26)31-17-24(27)29(36)35-14-12-22(13-15-35)21-8-10-23(30)11-9-21/h4-11,16-17,22,34H,12-15H2,1-3H3,(H,31,32). The predicted molar refractivity (Wildman–Crippen MR) is 155 cm³/mol. The SMILES string of the molecule is Cc1cc(NS(=O)(=O)c2ncc(C(=O)N3CCC(c4ccc(F)cc4)CC3)c(Nc3ccccc3C)c2C)sn1. The zero-order valence-electron chi connectivity index (χ0n) is 22.4. The number of pyridine rings is 1. The number of halogens is 1. The molecular weight excluding hydrogens is 549 g/mol. The first-order valence-corrected chi connectivity index (χ1v) is 15.2. The van der Waals surface area contributed by atoms with Crippen LogP contribution in [0, 0.1) is 26.6 Å². The third-order valence-electron chi connectivity index (χ3n) is 7.15. The Labute approximate surface area is 237 Å². The minimum atomic E-state index is -4.05. The molecule has 0 saturated carbocycles. The molecule has 1 fully saturated rings. The van der Waals surface area contributed by atoms with Crippen molar-refractivity contribution in [3.05, 3.63) is 94.6 Å². The first-order chi connectivity index (χ1) is 19.1. The fourth-order valence-corrected chi connectivity index (χ4v) is 7.06. The number of nitrogens with zero attached hydrogens (tertiary/aromatic N) is 3. The van der Waals surface area contributed by atoms with Crippen LogP contribution < -0.4 is 10.0 Å². The lowest BCUT2D eigenvalue weighted by molar-refractivity contribution is 0.0713. The van der Waals surface area contributed by atoms with Crippen molar-refractivity contribution in [3.63, 3.8) is 0 Å². The molecule has 0 aliphatic carbocycles. The lowest BCUT2D eigenvalue weighted by Gasteiger charge is -2.33. The van der Waals surface area contributed by atoms with Gasteiger partial charge in [-0.3, -0.25) is 9.52 Å². The van der Waals surface area contributed by atoms with Gasteiger partial charge in [-0.2, -0.15) is 12.8 Å². The molecule has 0 spiro atoms. The molecule has 2 aromatic heterocycles. The van der Waals surface area contributed by atoms with Crippen molar-refractivity contribution in [2.45, 2.75) is 44.6 Å². The Balaban J connectivity index is 1.46. The van der Waals surface area contributed by atoms with Gasteiger partial charge in [-0.25, -0.2) is 9.37 Å². The van der Waals surface area contributed by atoms with Gasteiger partial charge in [0.2, 0.25) is 0 Å². The zero-order valence-corrected chi connectivity index (χ0v) is 24.1. The first kappa shape index (κ1) is 27.7. The topological polar surface area (TPSA) is 104 Å². The smallest absolute Gasteiger partial charge is 0.280 e. The van der Waals surface area contributed by atoms with Crippen LogP contribution in [0.15, 0.2) is 65.8 Å². The van der Waals surface area contributed by atoms with Crippen LogP contribution in [0.1, 0.15) is 51.5 Å². The number of nitrogens with one attached hydrogen (secondary N) is 2. The summed E-state index contributed by atoms with van der Waals surface area (Å²) in [6, 6.07) is 15.8. The van der Waals surface area contributed by atoms with Gasteiger partial charge in [-0.05, 0) is 86.5 Å². The van der Waals surface area contributed by atoms with Gasteiger partial charge in [0.05, 0.1) is 16.9 Å². The molecule has 1 aliphatic rings. The van der Waals surface area contributed by atoms with Crippen LogP contribution in [0.3, 0.4) is 0 Å². The molecule has 0 atom stereocenters. The molecule has 2 N–H and O–H groups in total. The summed E-state index contributed by atoms with van der Waals surface area (Å²) in [6.07, 6.45) is 2.83. The Kier molecular flexibility index (Phi) is 7.86. The number of benzene rings is 2. The van der Waals surface area contributed by atoms with E-state index >= 15 is 0 Å². The van der Waals surface area contributed by atoms with Gasteiger partial charge in [-0.1, -0.05) is 30.3 Å². The maximum Gasteiger partial charge on any atom is 0.280 e. The molecule has 0 radical (unpaired) electrons. The second-order valence-electron chi connectivity index (χ2n) is 9.97.